The maximum Gasteiger partial charge on any atom is 0.0665 e. The summed E-state index contributed by atoms with van der Waals surface area (Å²) in [5.41, 5.74) is 3.13. The molecule has 2 rings (SSSR count). The summed E-state index contributed by atoms with van der Waals surface area (Å²) in [6.45, 7) is 7.63. The third-order valence-corrected chi connectivity index (χ3v) is 4.61. The van der Waals surface area contributed by atoms with Crippen molar-refractivity contribution in [1.29, 1.82) is 0 Å². The van der Waals surface area contributed by atoms with E-state index in [1.807, 2.05) is 7.05 Å². The van der Waals surface area contributed by atoms with Gasteiger partial charge in [-0.1, -0.05) is 43.7 Å². The minimum atomic E-state index is 0.297. The molecule has 0 radical (unpaired) electrons. The summed E-state index contributed by atoms with van der Waals surface area (Å²) in [5, 5.41) is 3.37. The van der Waals surface area contributed by atoms with Gasteiger partial charge in [0.2, 0.25) is 0 Å². The Morgan fingerprint density at radius 3 is 2.35 bits per heavy atom. The predicted octanol–water partition coefficient (Wildman–Crippen LogP) is 4.24. The van der Waals surface area contributed by atoms with Gasteiger partial charge in [0.1, 0.15) is 0 Å². The van der Waals surface area contributed by atoms with E-state index in [1.165, 1.54) is 36.8 Å². The molecule has 0 saturated heterocycles. The van der Waals surface area contributed by atoms with E-state index in [-0.39, 0.29) is 0 Å². The summed E-state index contributed by atoms with van der Waals surface area (Å²) in [7, 11) is 2.01. The third-order valence-electron chi connectivity index (χ3n) is 4.61. The first kappa shape index (κ1) is 15.5. The molecule has 1 N–H and O–H groups in total. The molecule has 20 heavy (non-hydrogen) atoms. The van der Waals surface area contributed by atoms with Crippen LogP contribution in [0.15, 0.2) is 24.3 Å². The minimum absolute atomic E-state index is 0.297. The molecule has 0 aliphatic heterocycles. The van der Waals surface area contributed by atoms with Crippen LogP contribution in [0.5, 0.6) is 0 Å². The van der Waals surface area contributed by atoms with Gasteiger partial charge in [0, 0.05) is 0 Å². The molecule has 112 valence electrons. The van der Waals surface area contributed by atoms with Crippen LogP contribution in [-0.2, 0) is 4.74 Å². The minimum Gasteiger partial charge on any atom is -0.376 e. The molecule has 1 saturated carbocycles. The van der Waals surface area contributed by atoms with E-state index in [0.717, 1.165) is 6.61 Å². The van der Waals surface area contributed by atoms with Crippen LogP contribution in [0.3, 0.4) is 0 Å². The lowest BCUT2D eigenvalue weighted by Crippen LogP contribution is -2.30. The zero-order valence-electron chi connectivity index (χ0n) is 13.4. The first-order valence-corrected chi connectivity index (χ1v) is 7.85. The summed E-state index contributed by atoms with van der Waals surface area (Å²) in [4.78, 5) is 0. The van der Waals surface area contributed by atoms with Gasteiger partial charge in [-0.2, -0.15) is 0 Å². The largest absolute Gasteiger partial charge is 0.376 e. The molecule has 1 atom stereocenters. The van der Waals surface area contributed by atoms with Crippen molar-refractivity contribution in [3.05, 3.63) is 35.4 Å². The number of likely N-dealkylation sites (N-methyl/N-ethyl adjacent to an activating group) is 1. The molecule has 0 spiro atoms. The van der Waals surface area contributed by atoms with Gasteiger partial charge in [-0.3, -0.25) is 0 Å². The molecule has 1 unspecified atom stereocenters. The van der Waals surface area contributed by atoms with Crippen LogP contribution in [0.25, 0.3) is 0 Å². The monoisotopic (exact) mass is 275 g/mol. The second kappa shape index (κ2) is 6.73. The van der Waals surface area contributed by atoms with Crippen LogP contribution in [0, 0.1) is 12.3 Å². The molecule has 0 heterocycles. The zero-order valence-corrected chi connectivity index (χ0v) is 13.4. The van der Waals surface area contributed by atoms with Gasteiger partial charge >= 0.3 is 0 Å². The highest BCUT2D eigenvalue weighted by Gasteiger charge is 2.27. The van der Waals surface area contributed by atoms with Crippen LogP contribution < -0.4 is 5.32 Å². The van der Waals surface area contributed by atoms with Gasteiger partial charge in [0.15, 0.2) is 0 Å². The molecule has 1 aromatic carbocycles. The van der Waals surface area contributed by atoms with E-state index in [9.17, 15) is 0 Å². The summed E-state index contributed by atoms with van der Waals surface area (Å²) < 4.78 is 6.15. The second-order valence-electron chi connectivity index (χ2n) is 6.95. The topological polar surface area (TPSA) is 21.3 Å². The van der Waals surface area contributed by atoms with Gasteiger partial charge in [-0.15, -0.1) is 0 Å². The standard InChI is InChI=1S/C18H29NO/c1-14-5-7-15(8-6-14)17(19-4)13-20-16-9-11-18(2,3)12-10-16/h5-8,16-17,19H,9-13H2,1-4H3. The number of benzene rings is 1. The number of nitrogens with one attached hydrogen (secondary N) is 1. The highest BCUT2D eigenvalue weighted by atomic mass is 16.5. The predicted molar refractivity (Wildman–Crippen MR) is 85.0 cm³/mol. The Morgan fingerprint density at radius 1 is 1.20 bits per heavy atom. The fourth-order valence-corrected chi connectivity index (χ4v) is 2.92. The average molecular weight is 275 g/mol. The van der Waals surface area contributed by atoms with Crippen molar-refractivity contribution in [3.8, 4) is 0 Å². The first-order valence-electron chi connectivity index (χ1n) is 7.85. The van der Waals surface area contributed by atoms with E-state index in [4.69, 9.17) is 4.74 Å². The van der Waals surface area contributed by atoms with E-state index < -0.39 is 0 Å². The lowest BCUT2D eigenvalue weighted by Gasteiger charge is -2.34. The Labute approximate surface area is 123 Å². The van der Waals surface area contributed by atoms with Crippen molar-refractivity contribution in [1.82, 2.24) is 5.32 Å². The van der Waals surface area contributed by atoms with Crippen molar-refractivity contribution in [3.63, 3.8) is 0 Å². The van der Waals surface area contributed by atoms with Crippen LogP contribution in [-0.4, -0.2) is 19.8 Å². The van der Waals surface area contributed by atoms with E-state index in [2.05, 4.69) is 50.4 Å². The quantitative estimate of drug-likeness (QED) is 0.868. The van der Waals surface area contributed by atoms with Crippen LogP contribution in [0.2, 0.25) is 0 Å². The fraction of sp³-hybridized carbons (Fsp3) is 0.667. The third kappa shape index (κ3) is 4.32. The molecule has 1 aliphatic carbocycles. The Hall–Kier alpha value is -0.860. The number of aryl methyl sites for hydroxylation is 1. The summed E-state index contributed by atoms with van der Waals surface area (Å²) in [5.74, 6) is 0. The smallest absolute Gasteiger partial charge is 0.0665 e. The Morgan fingerprint density at radius 2 is 1.80 bits per heavy atom. The Balaban J connectivity index is 1.84. The van der Waals surface area contributed by atoms with Crippen molar-refractivity contribution in [2.24, 2.45) is 5.41 Å². The molecule has 0 aromatic heterocycles. The average Bonchev–Trinajstić information content (AvgIpc) is 2.43. The zero-order chi connectivity index (χ0) is 14.6. The number of rotatable bonds is 5. The van der Waals surface area contributed by atoms with Crippen molar-refractivity contribution in [2.75, 3.05) is 13.7 Å². The summed E-state index contributed by atoms with van der Waals surface area (Å²) in [6, 6.07) is 9.03. The van der Waals surface area contributed by atoms with Crippen molar-refractivity contribution >= 4 is 0 Å². The number of hydrogen-bond acceptors (Lipinski definition) is 2. The Kier molecular flexibility index (Phi) is 5.22. The van der Waals surface area contributed by atoms with Gasteiger partial charge in [-0.25, -0.2) is 0 Å². The summed E-state index contributed by atoms with van der Waals surface area (Å²) >= 11 is 0. The molecule has 0 bridgehead atoms. The van der Waals surface area contributed by atoms with Crippen molar-refractivity contribution in [2.45, 2.75) is 58.6 Å². The molecular weight excluding hydrogens is 246 g/mol. The molecule has 1 aromatic rings. The normalized spacial score (nSPS) is 20.8. The van der Waals surface area contributed by atoms with E-state index in [1.54, 1.807) is 0 Å². The SMILES string of the molecule is CNC(COC1CCC(C)(C)CC1)c1ccc(C)cc1. The Bertz CT molecular complexity index is 400. The highest BCUT2D eigenvalue weighted by molar-refractivity contribution is 5.24. The van der Waals surface area contributed by atoms with Crippen LogP contribution in [0.1, 0.15) is 56.7 Å². The highest BCUT2D eigenvalue weighted by Crippen LogP contribution is 2.36. The van der Waals surface area contributed by atoms with Gasteiger partial charge in [-0.05, 0) is 50.6 Å². The number of ether oxygens (including phenoxy) is 1. The molecule has 1 fully saturated rings. The van der Waals surface area contributed by atoms with Gasteiger partial charge < -0.3 is 10.1 Å². The fourth-order valence-electron chi connectivity index (χ4n) is 2.92. The van der Waals surface area contributed by atoms with E-state index >= 15 is 0 Å². The van der Waals surface area contributed by atoms with Gasteiger partial charge in [0.05, 0.1) is 18.8 Å². The van der Waals surface area contributed by atoms with E-state index in [0.29, 0.717) is 17.6 Å². The molecular formula is C18H29NO. The maximum absolute atomic E-state index is 6.15. The molecule has 2 heteroatoms. The molecule has 0 amide bonds. The lowest BCUT2D eigenvalue weighted by atomic mass is 9.76. The lowest BCUT2D eigenvalue weighted by molar-refractivity contribution is -0.00504. The number of hydrogen-bond donors (Lipinski definition) is 1. The second-order valence-corrected chi connectivity index (χ2v) is 6.95. The summed E-state index contributed by atoms with van der Waals surface area (Å²) in [6.07, 6.45) is 5.43. The first-order chi connectivity index (χ1) is 9.50. The maximum atomic E-state index is 6.15. The molecule has 1 aliphatic rings. The van der Waals surface area contributed by atoms with Gasteiger partial charge in [0.25, 0.3) is 0 Å². The molecule has 2 nitrogen and oxygen atoms in total. The van der Waals surface area contributed by atoms with Crippen LogP contribution in [0.4, 0.5) is 0 Å². The van der Waals surface area contributed by atoms with Crippen LogP contribution >= 0.6 is 0 Å². The van der Waals surface area contributed by atoms with Crippen molar-refractivity contribution < 1.29 is 4.74 Å².